The van der Waals surface area contributed by atoms with Crippen LogP contribution in [0.2, 0.25) is 0 Å². The second kappa shape index (κ2) is 9.82. The van der Waals surface area contributed by atoms with Gasteiger partial charge in [0.15, 0.2) is 0 Å². The maximum Gasteiger partial charge on any atom is 0.119 e. The summed E-state index contributed by atoms with van der Waals surface area (Å²) in [6, 6.07) is 8.20. The van der Waals surface area contributed by atoms with Crippen LogP contribution >= 0.6 is 15.9 Å². The molecule has 3 nitrogen and oxygen atoms in total. The summed E-state index contributed by atoms with van der Waals surface area (Å²) in [5, 5.41) is 11.8. The zero-order chi connectivity index (χ0) is 13.9. The molecule has 0 heterocycles. The quantitative estimate of drug-likeness (QED) is 0.698. The molecule has 1 N–H and O–H groups in total. The number of unbranched alkanes of at least 4 members (excludes halogenated alkanes) is 2. The molecule has 0 aliphatic heterocycles. The van der Waals surface area contributed by atoms with E-state index in [4.69, 9.17) is 10.00 Å². The van der Waals surface area contributed by atoms with Crippen LogP contribution < -0.4 is 10.1 Å². The molecule has 0 saturated heterocycles. The van der Waals surface area contributed by atoms with E-state index < -0.39 is 0 Å². The Bertz CT molecular complexity index is 415. The van der Waals surface area contributed by atoms with Crippen LogP contribution in [0.5, 0.6) is 5.75 Å². The van der Waals surface area contributed by atoms with Gasteiger partial charge in [-0.2, -0.15) is 5.26 Å². The third-order valence-electron chi connectivity index (χ3n) is 2.71. The largest absolute Gasteiger partial charge is 0.494 e. The first-order valence-corrected chi connectivity index (χ1v) is 7.56. The molecule has 0 aliphatic rings. The topological polar surface area (TPSA) is 45.0 Å². The van der Waals surface area contributed by atoms with Gasteiger partial charge in [-0.3, -0.25) is 0 Å². The van der Waals surface area contributed by atoms with Crippen LogP contribution in [0.1, 0.15) is 38.2 Å². The van der Waals surface area contributed by atoms with E-state index in [1.807, 2.05) is 12.1 Å². The number of benzene rings is 1. The van der Waals surface area contributed by atoms with Gasteiger partial charge < -0.3 is 10.1 Å². The van der Waals surface area contributed by atoms with E-state index in [-0.39, 0.29) is 0 Å². The molecule has 19 heavy (non-hydrogen) atoms. The summed E-state index contributed by atoms with van der Waals surface area (Å²) >= 11 is 3.55. The first-order chi connectivity index (χ1) is 9.27. The number of hydrogen-bond donors (Lipinski definition) is 1. The van der Waals surface area contributed by atoms with E-state index >= 15 is 0 Å². The highest BCUT2D eigenvalue weighted by Crippen LogP contribution is 2.22. The van der Waals surface area contributed by atoms with E-state index in [0.717, 1.165) is 42.6 Å². The fraction of sp³-hybridized carbons (Fsp3) is 0.533. The molecule has 1 aromatic carbocycles. The lowest BCUT2D eigenvalue weighted by atomic mass is 10.2. The molecule has 0 unspecified atom stereocenters. The molecule has 0 radical (unpaired) electrons. The number of nitrogens with one attached hydrogen (secondary N) is 1. The molecule has 0 atom stereocenters. The van der Waals surface area contributed by atoms with Crippen LogP contribution in [0, 0.1) is 11.3 Å². The van der Waals surface area contributed by atoms with Gasteiger partial charge in [-0.1, -0.05) is 22.9 Å². The summed E-state index contributed by atoms with van der Waals surface area (Å²) in [5.74, 6) is 0.897. The Labute approximate surface area is 124 Å². The van der Waals surface area contributed by atoms with Crippen molar-refractivity contribution < 1.29 is 4.74 Å². The van der Waals surface area contributed by atoms with Crippen molar-refractivity contribution in [1.82, 2.24) is 5.32 Å². The molecule has 1 aromatic rings. The van der Waals surface area contributed by atoms with Crippen LogP contribution in [0.3, 0.4) is 0 Å². The minimum atomic E-state index is 0.607. The van der Waals surface area contributed by atoms with Crippen molar-refractivity contribution in [3.05, 3.63) is 28.2 Å². The van der Waals surface area contributed by atoms with Gasteiger partial charge in [0.1, 0.15) is 5.75 Å². The molecule has 0 saturated carbocycles. The lowest BCUT2D eigenvalue weighted by molar-refractivity contribution is 0.307. The average Bonchev–Trinajstić information content (AvgIpc) is 2.42. The molecule has 0 spiro atoms. The van der Waals surface area contributed by atoms with E-state index in [9.17, 15) is 0 Å². The van der Waals surface area contributed by atoms with Crippen molar-refractivity contribution in [2.75, 3.05) is 13.2 Å². The molecule has 4 heteroatoms. The normalized spacial score (nSPS) is 10.2. The lowest BCUT2D eigenvalue weighted by Crippen LogP contribution is -2.14. The molecule has 0 aliphatic carbocycles. The average molecular weight is 325 g/mol. The van der Waals surface area contributed by atoms with Gasteiger partial charge in [-0.05, 0) is 49.6 Å². The molecule has 0 aromatic heterocycles. The molecule has 0 amide bonds. The zero-order valence-corrected chi connectivity index (χ0v) is 13.0. The highest BCUT2D eigenvalue weighted by molar-refractivity contribution is 9.10. The van der Waals surface area contributed by atoms with Crippen molar-refractivity contribution in [1.29, 1.82) is 5.26 Å². The standard InChI is InChI=1S/C15H21BrN2O/c1-2-9-18-12-13-11-14(6-7-15(13)16)19-10-5-3-4-8-17/h6-7,11,18H,2-5,9-10,12H2,1H3. The minimum absolute atomic E-state index is 0.607. The fourth-order valence-corrected chi connectivity index (χ4v) is 2.06. The molecule has 104 valence electrons. The number of halogens is 1. The van der Waals surface area contributed by atoms with Crippen molar-refractivity contribution in [3.8, 4) is 11.8 Å². The Balaban J connectivity index is 2.42. The smallest absolute Gasteiger partial charge is 0.119 e. The number of nitrogens with zero attached hydrogens (tertiary/aromatic N) is 1. The molecular weight excluding hydrogens is 304 g/mol. The van der Waals surface area contributed by atoms with Crippen LogP contribution in [-0.4, -0.2) is 13.2 Å². The van der Waals surface area contributed by atoms with Crippen molar-refractivity contribution in [2.45, 2.75) is 39.2 Å². The number of hydrogen-bond acceptors (Lipinski definition) is 3. The van der Waals surface area contributed by atoms with E-state index in [2.05, 4.69) is 40.3 Å². The monoisotopic (exact) mass is 324 g/mol. The summed E-state index contributed by atoms with van der Waals surface area (Å²) in [5.41, 5.74) is 1.21. The Morgan fingerprint density at radius 1 is 1.37 bits per heavy atom. The van der Waals surface area contributed by atoms with Gasteiger partial charge in [-0.25, -0.2) is 0 Å². The molecule has 0 bridgehead atoms. The van der Waals surface area contributed by atoms with Gasteiger partial charge in [0, 0.05) is 17.4 Å². The first kappa shape index (κ1) is 16.0. The maximum atomic E-state index is 8.45. The third kappa shape index (κ3) is 6.60. The summed E-state index contributed by atoms with van der Waals surface area (Å²) < 4.78 is 6.80. The molecule has 1 rings (SSSR count). The predicted molar refractivity (Wildman–Crippen MR) is 81.1 cm³/mol. The Morgan fingerprint density at radius 2 is 2.21 bits per heavy atom. The second-order valence-corrected chi connectivity index (χ2v) is 5.25. The SMILES string of the molecule is CCCNCc1cc(OCCCCC#N)ccc1Br. The third-order valence-corrected chi connectivity index (χ3v) is 3.48. The Kier molecular flexibility index (Phi) is 8.28. The molecule has 0 fully saturated rings. The van der Waals surface area contributed by atoms with E-state index in [0.29, 0.717) is 13.0 Å². The first-order valence-electron chi connectivity index (χ1n) is 6.76. The van der Waals surface area contributed by atoms with Gasteiger partial charge >= 0.3 is 0 Å². The maximum absolute atomic E-state index is 8.45. The van der Waals surface area contributed by atoms with Crippen LogP contribution in [-0.2, 0) is 6.54 Å². The van der Waals surface area contributed by atoms with Crippen molar-refractivity contribution in [3.63, 3.8) is 0 Å². The number of nitriles is 1. The Hall–Kier alpha value is -1.05. The summed E-state index contributed by atoms with van der Waals surface area (Å²) in [4.78, 5) is 0. The van der Waals surface area contributed by atoms with Crippen LogP contribution in [0.4, 0.5) is 0 Å². The number of rotatable bonds is 9. The van der Waals surface area contributed by atoms with Crippen LogP contribution in [0.25, 0.3) is 0 Å². The highest BCUT2D eigenvalue weighted by atomic mass is 79.9. The predicted octanol–water partition coefficient (Wildman–Crippen LogP) is 4.02. The molecular formula is C15H21BrN2O. The summed E-state index contributed by atoms with van der Waals surface area (Å²) in [6.07, 6.45) is 3.56. The number of ether oxygens (including phenoxy) is 1. The Morgan fingerprint density at radius 3 is 2.95 bits per heavy atom. The minimum Gasteiger partial charge on any atom is -0.494 e. The van der Waals surface area contributed by atoms with Gasteiger partial charge in [-0.15, -0.1) is 0 Å². The van der Waals surface area contributed by atoms with E-state index in [1.165, 1.54) is 5.56 Å². The summed E-state index contributed by atoms with van der Waals surface area (Å²) in [7, 11) is 0. The lowest BCUT2D eigenvalue weighted by Gasteiger charge is -2.10. The van der Waals surface area contributed by atoms with Crippen LogP contribution in [0.15, 0.2) is 22.7 Å². The highest BCUT2D eigenvalue weighted by Gasteiger charge is 2.02. The van der Waals surface area contributed by atoms with Gasteiger partial charge in [0.25, 0.3) is 0 Å². The fourth-order valence-electron chi connectivity index (χ4n) is 1.67. The van der Waals surface area contributed by atoms with Crippen molar-refractivity contribution >= 4 is 15.9 Å². The second-order valence-electron chi connectivity index (χ2n) is 4.39. The van der Waals surface area contributed by atoms with Gasteiger partial charge in [0.05, 0.1) is 12.7 Å². The summed E-state index contributed by atoms with van der Waals surface area (Å²) in [6.45, 7) is 4.69. The van der Waals surface area contributed by atoms with Gasteiger partial charge in [0.2, 0.25) is 0 Å². The van der Waals surface area contributed by atoms with E-state index in [1.54, 1.807) is 0 Å². The zero-order valence-electron chi connectivity index (χ0n) is 11.4. The van der Waals surface area contributed by atoms with Crippen molar-refractivity contribution in [2.24, 2.45) is 0 Å².